The largest absolute Gasteiger partial charge is 0.294 e. The summed E-state index contributed by atoms with van der Waals surface area (Å²) in [5, 5.41) is 12.1. The molecule has 0 unspecified atom stereocenters. The van der Waals surface area contributed by atoms with Crippen LogP contribution >= 0.6 is 11.3 Å². The molecule has 1 fully saturated rings. The smallest absolute Gasteiger partial charge is 0.287 e. The standard InChI is InChI=1S/C13H18N6OS/c14-15-13(20)12-8-19(17-16-12)5-4-18(11-1-2-11)7-10-3-6-21-9-10/h3,6,8-9,11H,1-2,4-5,7,14H2,(H,15,20). The van der Waals surface area contributed by atoms with E-state index in [4.69, 9.17) is 5.84 Å². The first kappa shape index (κ1) is 14.2. The maximum Gasteiger partial charge on any atom is 0.287 e. The number of hydrogen-bond acceptors (Lipinski definition) is 6. The molecule has 0 saturated heterocycles. The van der Waals surface area contributed by atoms with Crippen molar-refractivity contribution in [1.29, 1.82) is 0 Å². The fraction of sp³-hybridized carbons (Fsp3) is 0.462. The van der Waals surface area contributed by atoms with Gasteiger partial charge in [-0.25, -0.2) is 5.84 Å². The lowest BCUT2D eigenvalue weighted by Crippen LogP contribution is -2.30. The first-order valence-corrected chi connectivity index (χ1v) is 7.87. The fourth-order valence-corrected chi connectivity index (χ4v) is 2.92. The minimum atomic E-state index is -0.418. The maximum atomic E-state index is 11.3. The van der Waals surface area contributed by atoms with E-state index in [1.807, 2.05) is 0 Å². The number of carbonyl (C=O) groups is 1. The van der Waals surface area contributed by atoms with E-state index in [0.29, 0.717) is 12.6 Å². The lowest BCUT2D eigenvalue weighted by atomic mass is 10.3. The van der Waals surface area contributed by atoms with Gasteiger partial charge in [0, 0.05) is 19.1 Å². The monoisotopic (exact) mass is 306 g/mol. The summed E-state index contributed by atoms with van der Waals surface area (Å²) < 4.78 is 1.69. The minimum absolute atomic E-state index is 0.244. The summed E-state index contributed by atoms with van der Waals surface area (Å²) in [7, 11) is 0. The van der Waals surface area contributed by atoms with E-state index >= 15 is 0 Å². The van der Waals surface area contributed by atoms with Crippen molar-refractivity contribution in [3.05, 3.63) is 34.3 Å². The summed E-state index contributed by atoms with van der Waals surface area (Å²) in [6.45, 7) is 2.58. The van der Waals surface area contributed by atoms with Crippen molar-refractivity contribution in [2.75, 3.05) is 6.54 Å². The molecule has 1 aliphatic rings. The average Bonchev–Trinajstić information content (AvgIpc) is 3.02. The summed E-state index contributed by atoms with van der Waals surface area (Å²) in [5.41, 5.74) is 3.65. The van der Waals surface area contributed by atoms with Gasteiger partial charge < -0.3 is 0 Å². The number of hydrazine groups is 1. The van der Waals surface area contributed by atoms with Gasteiger partial charge >= 0.3 is 0 Å². The molecular formula is C13H18N6OS. The maximum absolute atomic E-state index is 11.3. The number of aromatic nitrogens is 3. The molecule has 1 aliphatic carbocycles. The Hall–Kier alpha value is -1.77. The van der Waals surface area contributed by atoms with Crippen LogP contribution in [0.5, 0.6) is 0 Å². The molecule has 0 radical (unpaired) electrons. The Morgan fingerprint density at radius 2 is 2.43 bits per heavy atom. The molecule has 2 heterocycles. The van der Waals surface area contributed by atoms with Gasteiger partial charge in [-0.05, 0) is 35.2 Å². The second-order valence-electron chi connectivity index (χ2n) is 5.17. The number of nitrogens with two attached hydrogens (primary N) is 1. The number of rotatable bonds is 7. The Kier molecular flexibility index (Phi) is 4.28. The van der Waals surface area contributed by atoms with Gasteiger partial charge in [0.15, 0.2) is 5.69 Å². The number of hydrogen-bond donors (Lipinski definition) is 2. The van der Waals surface area contributed by atoms with Crippen molar-refractivity contribution < 1.29 is 4.79 Å². The molecule has 2 aromatic heterocycles. The highest BCUT2D eigenvalue weighted by Gasteiger charge is 2.28. The summed E-state index contributed by atoms with van der Waals surface area (Å²) in [5.74, 6) is 4.66. The first-order chi connectivity index (χ1) is 10.3. The third-order valence-corrected chi connectivity index (χ3v) is 4.28. The first-order valence-electron chi connectivity index (χ1n) is 6.92. The zero-order valence-electron chi connectivity index (χ0n) is 11.6. The van der Waals surface area contributed by atoms with Gasteiger partial charge in [-0.2, -0.15) is 11.3 Å². The van der Waals surface area contributed by atoms with Crippen LogP contribution in [0.1, 0.15) is 28.9 Å². The molecule has 21 heavy (non-hydrogen) atoms. The van der Waals surface area contributed by atoms with Crippen LogP contribution in [0.4, 0.5) is 0 Å². The van der Waals surface area contributed by atoms with E-state index < -0.39 is 5.91 Å². The van der Waals surface area contributed by atoms with Crippen LogP contribution in [0.2, 0.25) is 0 Å². The van der Waals surface area contributed by atoms with E-state index in [9.17, 15) is 4.79 Å². The normalized spacial score (nSPS) is 14.6. The van der Waals surface area contributed by atoms with Crippen molar-refractivity contribution in [2.24, 2.45) is 5.84 Å². The summed E-state index contributed by atoms with van der Waals surface area (Å²) >= 11 is 1.73. The van der Waals surface area contributed by atoms with Crippen LogP contribution in [0, 0.1) is 0 Å². The molecule has 2 aromatic rings. The molecule has 0 aliphatic heterocycles. The Morgan fingerprint density at radius 3 is 3.10 bits per heavy atom. The average molecular weight is 306 g/mol. The topological polar surface area (TPSA) is 89.1 Å². The lowest BCUT2D eigenvalue weighted by Gasteiger charge is -2.21. The van der Waals surface area contributed by atoms with Gasteiger partial charge in [0.05, 0.1) is 12.7 Å². The summed E-state index contributed by atoms with van der Waals surface area (Å²) in [6.07, 6.45) is 4.16. The van der Waals surface area contributed by atoms with Gasteiger partial charge in [0.2, 0.25) is 0 Å². The van der Waals surface area contributed by atoms with Crippen molar-refractivity contribution in [1.82, 2.24) is 25.3 Å². The van der Waals surface area contributed by atoms with Crippen molar-refractivity contribution in [2.45, 2.75) is 32.0 Å². The van der Waals surface area contributed by atoms with Gasteiger partial charge in [0.25, 0.3) is 5.91 Å². The van der Waals surface area contributed by atoms with Gasteiger partial charge in [-0.1, -0.05) is 5.21 Å². The van der Waals surface area contributed by atoms with E-state index in [0.717, 1.165) is 13.1 Å². The Bertz CT molecular complexity index is 592. The number of amides is 1. The van der Waals surface area contributed by atoms with Crippen LogP contribution in [0.25, 0.3) is 0 Å². The predicted octanol–water partition coefficient (Wildman–Crippen LogP) is 0.608. The zero-order valence-corrected chi connectivity index (χ0v) is 12.4. The molecule has 0 atom stereocenters. The van der Waals surface area contributed by atoms with Crippen LogP contribution < -0.4 is 11.3 Å². The minimum Gasteiger partial charge on any atom is -0.294 e. The van der Waals surface area contributed by atoms with Crippen molar-refractivity contribution >= 4 is 17.2 Å². The Morgan fingerprint density at radius 1 is 1.57 bits per heavy atom. The van der Waals surface area contributed by atoms with E-state index in [-0.39, 0.29) is 5.69 Å². The third-order valence-electron chi connectivity index (χ3n) is 3.55. The molecule has 8 heteroatoms. The van der Waals surface area contributed by atoms with Crippen molar-refractivity contribution in [3.8, 4) is 0 Å². The van der Waals surface area contributed by atoms with Crippen molar-refractivity contribution in [3.63, 3.8) is 0 Å². The molecule has 1 amide bonds. The van der Waals surface area contributed by atoms with Crippen LogP contribution in [0.15, 0.2) is 23.0 Å². The molecule has 0 aromatic carbocycles. The quantitative estimate of drug-likeness (QED) is 0.444. The summed E-state index contributed by atoms with van der Waals surface area (Å²) in [4.78, 5) is 13.8. The third kappa shape index (κ3) is 3.66. The zero-order chi connectivity index (χ0) is 14.7. The molecule has 3 rings (SSSR count). The van der Waals surface area contributed by atoms with Crippen LogP contribution in [0.3, 0.4) is 0 Å². The molecule has 112 valence electrons. The molecule has 0 spiro atoms. The van der Waals surface area contributed by atoms with E-state index in [1.54, 1.807) is 22.2 Å². The highest BCUT2D eigenvalue weighted by atomic mass is 32.1. The molecule has 7 nitrogen and oxygen atoms in total. The van der Waals surface area contributed by atoms with Crippen LogP contribution in [-0.2, 0) is 13.1 Å². The number of nitrogens with zero attached hydrogens (tertiary/aromatic N) is 4. The number of nitrogen functional groups attached to an aromatic ring is 1. The van der Waals surface area contributed by atoms with Gasteiger partial charge in [-0.15, -0.1) is 5.10 Å². The van der Waals surface area contributed by atoms with E-state index in [1.165, 1.54) is 18.4 Å². The second-order valence-corrected chi connectivity index (χ2v) is 5.95. The molecule has 0 bridgehead atoms. The predicted molar refractivity (Wildman–Crippen MR) is 79.4 cm³/mol. The van der Waals surface area contributed by atoms with Gasteiger partial charge in [-0.3, -0.25) is 19.8 Å². The fourth-order valence-electron chi connectivity index (χ4n) is 2.26. The van der Waals surface area contributed by atoms with E-state index in [2.05, 4.69) is 37.5 Å². The van der Waals surface area contributed by atoms with Gasteiger partial charge in [0.1, 0.15) is 0 Å². The number of thiophene rings is 1. The highest BCUT2D eigenvalue weighted by molar-refractivity contribution is 7.07. The summed E-state index contributed by atoms with van der Waals surface area (Å²) in [6, 6.07) is 2.85. The SMILES string of the molecule is NNC(=O)c1cn(CCN(Cc2ccsc2)C2CC2)nn1. The molecule has 3 N–H and O–H groups in total. The van der Waals surface area contributed by atoms with Crippen LogP contribution in [-0.4, -0.2) is 38.4 Å². The Balaban J connectivity index is 1.56. The Labute approximate surface area is 126 Å². The molecular weight excluding hydrogens is 288 g/mol. The lowest BCUT2D eigenvalue weighted by molar-refractivity contribution is 0.0948. The number of nitrogens with one attached hydrogen (secondary N) is 1. The highest BCUT2D eigenvalue weighted by Crippen LogP contribution is 2.28. The second kappa shape index (κ2) is 6.33. The molecule has 1 saturated carbocycles. The number of carbonyl (C=O) groups excluding carboxylic acids is 1.